The van der Waals surface area contributed by atoms with Crippen LogP contribution in [-0.2, 0) is 21.2 Å². The fourth-order valence-corrected chi connectivity index (χ4v) is 5.08. The first-order valence-corrected chi connectivity index (χ1v) is 10.4. The predicted octanol–water partition coefficient (Wildman–Crippen LogP) is 2.94. The molecule has 3 rings (SSSR count). The maximum atomic E-state index is 12.8. The highest BCUT2D eigenvalue weighted by Gasteiger charge is 2.29. The van der Waals surface area contributed by atoms with E-state index >= 15 is 0 Å². The van der Waals surface area contributed by atoms with Gasteiger partial charge in [0.05, 0.1) is 4.90 Å². The highest BCUT2D eigenvalue weighted by Crippen LogP contribution is 2.32. The van der Waals surface area contributed by atoms with Crippen LogP contribution in [0.15, 0.2) is 23.1 Å². The Kier molecular flexibility index (Phi) is 5.25. The number of rotatable bonds is 5. The Morgan fingerprint density at radius 3 is 2.58 bits per heavy atom. The van der Waals surface area contributed by atoms with Gasteiger partial charge in [0.1, 0.15) is 0 Å². The third kappa shape index (κ3) is 3.35. The zero-order chi connectivity index (χ0) is 17.2. The van der Waals surface area contributed by atoms with Gasteiger partial charge in [-0.2, -0.15) is 4.31 Å². The number of anilines is 1. The molecule has 1 aromatic carbocycles. The molecular formula is C18H26N2O3S. The van der Waals surface area contributed by atoms with Crippen molar-refractivity contribution in [3.8, 4) is 0 Å². The van der Waals surface area contributed by atoms with Crippen LogP contribution >= 0.6 is 0 Å². The molecule has 5 nitrogen and oxygen atoms in total. The second kappa shape index (κ2) is 7.23. The van der Waals surface area contributed by atoms with Crippen LogP contribution in [0.25, 0.3) is 0 Å². The number of hydrogen-bond acceptors (Lipinski definition) is 3. The van der Waals surface area contributed by atoms with Crippen molar-refractivity contribution >= 4 is 21.6 Å². The van der Waals surface area contributed by atoms with Crippen molar-refractivity contribution < 1.29 is 13.2 Å². The van der Waals surface area contributed by atoms with Gasteiger partial charge in [-0.15, -0.1) is 0 Å². The zero-order valence-electron chi connectivity index (χ0n) is 14.3. The smallest absolute Gasteiger partial charge is 0.243 e. The summed E-state index contributed by atoms with van der Waals surface area (Å²) in [5.74, 6) is 0.141. The number of benzene rings is 1. The Balaban J connectivity index is 1.81. The van der Waals surface area contributed by atoms with Crippen molar-refractivity contribution in [2.24, 2.45) is 0 Å². The molecule has 0 radical (unpaired) electrons. The van der Waals surface area contributed by atoms with Crippen LogP contribution in [0.2, 0.25) is 0 Å². The first-order valence-electron chi connectivity index (χ1n) is 8.97. The number of fused-ring (bicyclic) bond motifs is 1. The highest BCUT2D eigenvalue weighted by atomic mass is 32.2. The molecular weight excluding hydrogens is 324 g/mol. The highest BCUT2D eigenvalue weighted by molar-refractivity contribution is 7.89. The summed E-state index contributed by atoms with van der Waals surface area (Å²) in [6.07, 6.45) is 6.16. The number of piperidine rings is 1. The number of hydrogen-bond donors (Lipinski definition) is 0. The van der Waals surface area contributed by atoms with Crippen molar-refractivity contribution in [1.29, 1.82) is 0 Å². The lowest BCUT2D eigenvalue weighted by molar-refractivity contribution is -0.118. The average Bonchev–Trinajstić information content (AvgIpc) is 3.03. The Labute approximate surface area is 144 Å². The van der Waals surface area contributed by atoms with Gasteiger partial charge in [-0.3, -0.25) is 4.79 Å². The van der Waals surface area contributed by atoms with E-state index in [2.05, 4.69) is 6.92 Å². The lowest BCUT2D eigenvalue weighted by Crippen LogP contribution is -2.35. The molecule has 0 aliphatic carbocycles. The molecule has 2 aliphatic heterocycles. The minimum atomic E-state index is -3.41. The quantitative estimate of drug-likeness (QED) is 0.820. The first kappa shape index (κ1) is 17.4. The Morgan fingerprint density at radius 2 is 1.88 bits per heavy atom. The van der Waals surface area contributed by atoms with Gasteiger partial charge < -0.3 is 4.90 Å². The molecule has 2 aliphatic rings. The molecule has 0 unspecified atom stereocenters. The minimum Gasteiger partial charge on any atom is -0.312 e. The van der Waals surface area contributed by atoms with E-state index in [0.717, 1.165) is 49.8 Å². The number of sulfonamides is 1. The molecule has 1 amide bonds. The molecule has 2 heterocycles. The topological polar surface area (TPSA) is 57.7 Å². The lowest BCUT2D eigenvalue weighted by Gasteiger charge is -2.26. The van der Waals surface area contributed by atoms with Gasteiger partial charge in [0.25, 0.3) is 0 Å². The van der Waals surface area contributed by atoms with Crippen LogP contribution in [0, 0.1) is 0 Å². The number of unbranched alkanes of at least 4 members (excludes halogenated alkanes) is 1. The summed E-state index contributed by atoms with van der Waals surface area (Å²) in [6, 6.07) is 5.24. The Bertz CT molecular complexity index is 709. The monoisotopic (exact) mass is 350 g/mol. The maximum Gasteiger partial charge on any atom is 0.243 e. The summed E-state index contributed by atoms with van der Waals surface area (Å²) < 4.78 is 27.2. The number of carbonyl (C=O) groups excluding carboxylic acids is 1. The lowest BCUT2D eigenvalue weighted by atomic mass is 10.2. The molecule has 0 N–H and O–H groups in total. The van der Waals surface area contributed by atoms with E-state index in [1.165, 1.54) is 0 Å². The molecule has 1 fully saturated rings. The van der Waals surface area contributed by atoms with E-state index in [4.69, 9.17) is 0 Å². The van der Waals surface area contributed by atoms with E-state index in [1.807, 2.05) is 11.0 Å². The molecule has 24 heavy (non-hydrogen) atoms. The van der Waals surface area contributed by atoms with Gasteiger partial charge in [0.15, 0.2) is 0 Å². The van der Waals surface area contributed by atoms with Crippen molar-refractivity contribution in [3.63, 3.8) is 0 Å². The van der Waals surface area contributed by atoms with Crippen LogP contribution in [0.4, 0.5) is 5.69 Å². The van der Waals surface area contributed by atoms with Crippen LogP contribution in [0.1, 0.15) is 51.0 Å². The van der Waals surface area contributed by atoms with Crippen molar-refractivity contribution in [2.45, 2.75) is 56.8 Å². The molecule has 0 atom stereocenters. The molecule has 1 aromatic rings. The van der Waals surface area contributed by atoms with E-state index in [1.54, 1.807) is 16.4 Å². The average molecular weight is 350 g/mol. The normalized spacial score (nSPS) is 18.6. The standard InChI is InChI=1S/C18H26N2O3S/c1-2-3-7-18(21)20-13-10-15-14-16(8-9-17(15)20)24(22,23)19-11-5-4-6-12-19/h8-9,14H,2-7,10-13H2,1H3. The van der Waals surface area contributed by atoms with E-state index in [0.29, 0.717) is 31.0 Å². The second-order valence-electron chi connectivity index (χ2n) is 6.65. The largest absolute Gasteiger partial charge is 0.312 e. The van der Waals surface area contributed by atoms with Gasteiger partial charge in [0, 0.05) is 31.7 Å². The van der Waals surface area contributed by atoms with E-state index < -0.39 is 10.0 Å². The summed E-state index contributed by atoms with van der Waals surface area (Å²) >= 11 is 0. The predicted molar refractivity (Wildman–Crippen MR) is 94.6 cm³/mol. The van der Waals surface area contributed by atoms with E-state index in [-0.39, 0.29) is 5.91 Å². The van der Waals surface area contributed by atoms with Crippen LogP contribution in [0.5, 0.6) is 0 Å². The second-order valence-corrected chi connectivity index (χ2v) is 8.59. The SMILES string of the molecule is CCCCC(=O)N1CCc2cc(S(=O)(=O)N3CCCCC3)ccc21. The van der Waals surface area contributed by atoms with Crippen molar-refractivity contribution in [1.82, 2.24) is 4.31 Å². The van der Waals surface area contributed by atoms with Gasteiger partial charge in [0.2, 0.25) is 15.9 Å². The summed E-state index contributed by atoms with van der Waals surface area (Å²) in [7, 11) is -3.41. The third-order valence-electron chi connectivity index (χ3n) is 4.94. The van der Waals surface area contributed by atoms with E-state index in [9.17, 15) is 13.2 Å². The Morgan fingerprint density at radius 1 is 1.12 bits per heavy atom. The molecule has 1 saturated heterocycles. The molecule has 132 valence electrons. The summed E-state index contributed by atoms with van der Waals surface area (Å²) in [4.78, 5) is 14.5. The number of carbonyl (C=O) groups is 1. The fraction of sp³-hybridized carbons (Fsp3) is 0.611. The van der Waals surface area contributed by atoms with Crippen molar-refractivity contribution in [3.05, 3.63) is 23.8 Å². The van der Waals surface area contributed by atoms with Crippen molar-refractivity contribution in [2.75, 3.05) is 24.5 Å². The van der Waals surface area contributed by atoms with Gasteiger partial charge in [-0.1, -0.05) is 19.8 Å². The van der Waals surface area contributed by atoms with Gasteiger partial charge >= 0.3 is 0 Å². The fourth-order valence-electron chi connectivity index (χ4n) is 3.51. The van der Waals surface area contributed by atoms with Crippen LogP contribution < -0.4 is 4.90 Å². The third-order valence-corrected chi connectivity index (χ3v) is 6.84. The summed E-state index contributed by atoms with van der Waals surface area (Å²) in [5, 5.41) is 0. The molecule has 0 saturated carbocycles. The first-order chi connectivity index (χ1) is 11.5. The molecule has 0 bridgehead atoms. The number of amides is 1. The van der Waals surface area contributed by atoms with Gasteiger partial charge in [-0.05, 0) is 49.4 Å². The summed E-state index contributed by atoms with van der Waals surface area (Å²) in [6.45, 7) is 3.95. The van der Waals surface area contributed by atoms with Crippen LogP contribution in [-0.4, -0.2) is 38.3 Å². The Hall–Kier alpha value is -1.40. The molecule has 6 heteroatoms. The van der Waals surface area contributed by atoms with Gasteiger partial charge in [-0.25, -0.2) is 8.42 Å². The zero-order valence-corrected chi connectivity index (χ0v) is 15.1. The van der Waals surface area contributed by atoms with Crippen LogP contribution in [0.3, 0.4) is 0 Å². The number of nitrogens with zero attached hydrogens (tertiary/aromatic N) is 2. The summed E-state index contributed by atoms with van der Waals surface area (Å²) in [5.41, 5.74) is 1.85. The maximum absolute atomic E-state index is 12.8. The molecule has 0 aromatic heterocycles. The molecule has 0 spiro atoms. The minimum absolute atomic E-state index is 0.141.